The van der Waals surface area contributed by atoms with Crippen molar-refractivity contribution in [3.63, 3.8) is 0 Å². The summed E-state index contributed by atoms with van der Waals surface area (Å²) in [5.74, 6) is -1.16. The third kappa shape index (κ3) is 3.92. The normalized spacial score (nSPS) is 16.3. The maximum atomic E-state index is 12.6. The SMILES string of the molecule is Cc1cc(C(=O)COC(=O)c2ccc(CN3C(=O)CCC3=O)cc2)c(C)n1C1CC1. The predicted molar refractivity (Wildman–Crippen MR) is 108 cm³/mol. The smallest absolute Gasteiger partial charge is 0.338 e. The number of aromatic nitrogens is 1. The molecular formula is C23H24N2O5. The van der Waals surface area contributed by atoms with Crippen LogP contribution in [0, 0.1) is 13.8 Å². The van der Waals surface area contributed by atoms with Gasteiger partial charge in [0.05, 0.1) is 12.1 Å². The third-order valence-electron chi connectivity index (χ3n) is 5.72. The average molecular weight is 408 g/mol. The zero-order valence-electron chi connectivity index (χ0n) is 17.1. The van der Waals surface area contributed by atoms with Gasteiger partial charge < -0.3 is 9.30 Å². The van der Waals surface area contributed by atoms with Gasteiger partial charge in [-0.1, -0.05) is 12.1 Å². The van der Waals surface area contributed by atoms with Crippen molar-refractivity contribution in [3.05, 3.63) is 58.4 Å². The van der Waals surface area contributed by atoms with E-state index in [1.807, 2.05) is 19.9 Å². The van der Waals surface area contributed by atoms with Crippen LogP contribution in [0.3, 0.4) is 0 Å². The summed E-state index contributed by atoms with van der Waals surface area (Å²) in [4.78, 5) is 49.5. The van der Waals surface area contributed by atoms with Gasteiger partial charge in [-0.15, -0.1) is 0 Å². The molecule has 1 aliphatic carbocycles. The summed E-state index contributed by atoms with van der Waals surface area (Å²) >= 11 is 0. The molecule has 0 unspecified atom stereocenters. The van der Waals surface area contributed by atoms with Crippen molar-refractivity contribution >= 4 is 23.6 Å². The molecular weight excluding hydrogens is 384 g/mol. The monoisotopic (exact) mass is 408 g/mol. The van der Waals surface area contributed by atoms with Gasteiger partial charge in [-0.25, -0.2) is 4.79 Å². The molecule has 1 saturated carbocycles. The van der Waals surface area contributed by atoms with Gasteiger partial charge in [-0.2, -0.15) is 0 Å². The first kappa shape index (κ1) is 20.1. The topological polar surface area (TPSA) is 85.7 Å². The summed E-state index contributed by atoms with van der Waals surface area (Å²) in [5, 5.41) is 0. The summed E-state index contributed by atoms with van der Waals surface area (Å²) < 4.78 is 7.40. The Kier molecular flexibility index (Phi) is 5.28. The number of aryl methyl sites for hydroxylation is 1. The number of likely N-dealkylation sites (tertiary alicyclic amines) is 1. The van der Waals surface area contributed by atoms with Crippen LogP contribution < -0.4 is 0 Å². The molecule has 0 N–H and O–H groups in total. The van der Waals surface area contributed by atoms with Crippen LogP contribution in [0.15, 0.2) is 30.3 Å². The van der Waals surface area contributed by atoms with Crippen LogP contribution in [0.2, 0.25) is 0 Å². The Bertz CT molecular complexity index is 1010. The van der Waals surface area contributed by atoms with E-state index in [0.29, 0.717) is 17.2 Å². The lowest BCUT2D eigenvalue weighted by Crippen LogP contribution is -2.28. The Morgan fingerprint density at radius 3 is 2.27 bits per heavy atom. The molecule has 0 atom stereocenters. The van der Waals surface area contributed by atoms with Gasteiger partial charge in [0.1, 0.15) is 0 Å². The minimum absolute atomic E-state index is 0.178. The Morgan fingerprint density at radius 2 is 1.67 bits per heavy atom. The molecule has 0 spiro atoms. The number of ether oxygens (including phenoxy) is 1. The van der Waals surface area contributed by atoms with Crippen molar-refractivity contribution in [2.45, 2.75) is 52.1 Å². The fourth-order valence-corrected chi connectivity index (χ4v) is 3.97. The highest BCUT2D eigenvalue weighted by atomic mass is 16.5. The number of Topliss-reactive ketones (excluding diaryl/α,β-unsaturated/α-hetero) is 1. The molecule has 1 aromatic carbocycles. The van der Waals surface area contributed by atoms with Gasteiger partial charge in [0.25, 0.3) is 0 Å². The Hall–Kier alpha value is -3.22. The fourth-order valence-electron chi connectivity index (χ4n) is 3.97. The van der Waals surface area contributed by atoms with Crippen molar-refractivity contribution < 1.29 is 23.9 Å². The quantitative estimate of drug-likeness (QED) is 0.399. The zero-order valence-corrected chi connectivity index (χ0v) is 17.1. The molecule has 0 radical (unpaired) electrons. The highest BCUT2D eigenvalue weighted by molar-refractivity contribution is 6.02. The molecule has 1 aliphatic heterocycles. The second-order valence-electron chi connectivity index (χ2n) is 7.96. The molecule has 1 saturated heterocycles. The number of carbonyl (C=O) groups excluding carboxylic acids is 4. The van der Waals surface area contributed by atoms with E-state index in [9.17, 15) is 19.2 Å². The molecule has 1 aromatic heterocycles. The van der Waals surface area contributed by atoms with Crippen molar-refractivity contribution in [2.24, 2.45) is 0 Å². The number of imide groups is 1. The summed E-state index contributed by atoms with van der Waals surface area (Å²) in [6, 6.07) is 8.86. The fraction of sp³-hybridized carbons (Fsp3) is 0.391. The summed E-state index contributed by atoms with van der Waals surface area (Å²) in [6.45, 7) is 3.79. The highest BCUT2D eigenvalue weighted by Gasteiger charge is 2.29. The zero-order chi connectivity index (χ0) is 21.4. The van der Waals surface area contributed by atoms with Crippen molar-refractivity contribution in [1.29, 1.82) is 0 Å². The van der Waals surface area contributed by atoms with E-state index in [1.165, 1.54) is 4.90 Å². The van der Waals surface area contributed by atoms with Gasteiger partial charge in [0, 0.05) is 35.8 Å². The molecule has 2 amide bonds. The van der Waals surface area contributed by atoms with E-state index < -0.39 is 5.97 Å². The Labute approximate surface area is 174 Å². The standard InChI is InChI=1S/C23H24N2O5/c1-14-11-19(15(2)25(14)18-7-8-18)20(26)13-30-23(29)17-5-3-16(4-6-17)12-24-21(27)9-10-22(24)28/h3-6,11,18H,7-10,12-13H2,1-2H3. The minimum Gasteiger partial charge on any atom is -0.454 e. The number of carbonyl (C=O) groups is 4. The van der Waals surface area contributed by atoms with Gasteiger partial charge in [0.15, 0.2) is 6.61 Å². The van der Waals surface area contributed by atoms with E-state index in [4.69, 9.17) is 4.74 Å². The molecule has 4 rings (SSSR count). The average Bonchev–Trinajstić information content (AvgIpc) is 3.45. The second-order valence-corrected chi connectivity index (χ2v) is 7.96. The summed E-state index contributed by atoms with van der Waals surface area (Å²) in [5.41, 5.74) is 3.64. The van der Waals surface area contributed by atoms with E-state index in [2.05, 4.69) is 4.57 Å². The predicted octanol–water partition coefficient (Wildman–Crippen LogP) is 3.13. The van der Waals surface area contributed by atoms with Crippen LogP contribution in [0.25, 0.3) is 0 Å². The molecule has 2 fully saturated rings. The molecule has 2 aromatic rings. The molecule has 156 valence electrons. The van der Waals surface area contributed by atoms with Crippen molar-refractivity contribution in [1.82, 2.24) is 9.47 Å². The van der Waals surface area contributed by atoms with Crippen LogP contribution in [0.1, 0.15) is 69.4 Å². The highest BCUT2D eigenvalue weighted by Crippen LogP contribution is 2.38. The van der Waals surface area contributed by atoms with Crippen molar-refractivity contribution in [3.8, 4) is 0 Å². The van der Waals surface area contributed by atoms with E-state index in [-0.39, 0.29) is 43.6 Å². The molecule has 30 heavy (non-hydrogen) atoms. The van der Waals surface area contributed by atoms with Crippen LogP contribution in [0.5, 0.6) is 0 Å². The minimum atomic E-state index is -0.584. The first-order valence-electron chi connectivity index (χ1n) is 10.2. The number of benzene rings is 1. The molecule has 7 heteroatoms. The lowest BCUT2D eigenvalue weighted by Gasteiger charge is -2.13. The van der Waals surface area contributed by atoms with Crippen molar-refractivity contribution in [2.75, 3.05) is 6.61 Å². The van der Waals surface area contributed by atoms with Gasteiger partial charge in [-0.05, 0) is 50.5 Å². The van der Waals surface area contributed by atoms with Gasteiger partial charge in [0.2, 0.25) is 17.6 Å². The van der Waals surface area contributed by atoms with Crippen LogP contribution in [0.4, 0.5) is 0 Å². The number of nitrogens with zero attached hydrogens (tertiary/aromatic N) is 2. The first-order chi connectivity index (χ1) is 14.3. The number of esters is 1. The second kappa shape index (κ2) is 7.89. The maximum absolute atomic E-state index is 12.6. The van der Waals surface area contributed by atoms with E-state index >= 15 is 0 Å². The number of ketones is 1. The summed E-state index contributed by atoms with van der Waals surface area (Å²) in [6.07, 6.45) is 2.77. The lowest BCUT2D eigenvalue weighted by atomic mass is 10.1. The van der Waals surface area contributed by atoms with Crippen LogP contribution in [-0.2, 0) is 20.9 Å². The number of hydrogen-bond donors (Lipinski definition) is 0. The molecule has 7 nitrogen and oxygen atoms in total. The largest absolute Gasteiger partial charge is 0.454 e. The first-order valence-corrected chi connectivity index (χ1v) is 10.2. The van der Waals surface area contributed by atoms with Gasteiger partial charge >= 0.3 is 5.97 Å². The van der Waals surface area contributed by atoms with Crippen LogP contribution in [-0.4, -0.2) is 39.6 Å². The number of hydrogen-bond acceptors (Lipinski definition) is 5. The number of rotatable bonds is 7. The molecule has 0 bridgehead atoms. The van der Waals surface area contributed by atoms with E-state index in [1.54, 1.807) is 24.3 Å². The molecule has 2 aliphatic rings. The Balaban J connectivity index is 1.35. The summed E-state index contributed by atoms with van der Waals surface area (Å²) in [7, 11) is 0. The third-order valence-corrected chi connectivity index (χ3v) is 5.72. The molecule has 2 heterocycles. The van der Waals surface area contributed by atoms with Crippen LogP contribution >= 0.6 is 0 Å². The lowest BCUT2D eigenvalue weighted by molar-refractivity contribution is -0.139. The Morgan fingerprint density at radius 1 is 1.03 bits per heavy atom. The van der Waals surface area contributed by atoms with E-state index in [0.717, 1.165) is 29.8 Å². The number of amides is 2. The maximum Gasteiger partial charge on any atom is 0.338 e. The van der Waals surface area contributed by atoms with Gasteiger partial charge in [-0.3, -0.25) is 19.3 Å².